The van der Waals surface area contributed by atoms with Crippen molar-refractivity contribution in [2.75, 3.05) is 5.32 Å². The second-order valence-electron chi connectivity index (χ2n) is 4.39. The van der Waals surface area contributed by atoms with Crippen LogP contribution in [-0.4, -0.2) is 32.4 Å². The number of aromatic nitrogens is 2. The lowest BCUT2D eigenvalue weighted by atomic mass is 10.2. The SMILES string of the molecule is CC(NC(=O)Nc1ccc(O)c(C(=O)O)c1)c1cn[nH]c1. The Labute approximate surface area is 119 Å². The summed E-state index contributed by atoms with van der Waals surface area (Å²) in [5.74, 6) is -1.64. The van der Waals surface area contributed by atoms with Gasteiger partial charge in [0.05, 0.1) is 12.2 Å². The first-order valence-corrected chi connectivity index (χ1v) is 6.10. The first-order valence-electron chi connectivity index (χ1n) is 6.10. The van der Waals surface area contributed by atoms with Crippen molar-refractivity contribution < 1.29 is 19.8 Å². The van der Waals surface area contributed by atoms with E-state index in [-0.39, 0.29) is 23.0 Å². The molecule has 110 valence electrons. The van der Waals surface area contributed by atoms with Gasteiger partial charge in [-0.2, -0.15) is 5.10 Å². The van der Waals surface area contributed by atoms with Crippen LogP contribution in [0.2, 0.25) is 0 Å². The minimum Gasteiger partial charge on any atom is -0.507 e. The van der Waals surface area contributed by atoms with Crippen LogP contribution in [0.1, 0.15) is 28.9 Å². The minimum absolute atomic E-state index is 0.264. The number of aromatic hydroxyl groups is 1. The zero-order valence-corrected chi connectivity index (χ0v) is 11.1. The van der Waals surface area contributed by atoms with E-state index in [4.69, 9.17) is 5.11 Å². The number of carbonyl (C=O) groups excluding carboxylic acids is 1. The molecule has 2 rings (SSSR count). The quantitative estimate of drug-likeness (QED) is 0.547. The van der Waals surface area contributed by atoms with Crippen molar-refractivity contribution >= 4 is 17.7 Å². The molecular formula is C13H14N4O4. The van der Waals surface area contributed by atoms with Crippen LogP contribution in [0.3, 0.4) is 0 Å². The molecule has 0 saturated heterocycles. The normalized spacial score (nSPS) is 11.7. The van der Waals surface area contributed by atoms with E-state index in [1.165, 1.54) is 18.2 Å². The number of aromatic amines is 1. The van der Waals surface area contributed by atoms with Gasteiger partial charge in [0.25, 0.3) is 0 Å². The van der Waals surface area contributed by atoms with Crippen molar-refractivity contribution in [1.29, 1.82) is 0 Å². The lowest BCUT2D eigenvalue weighted by Crippen LogP contribution is -2.31. The lowest BCUT2D eigenvalue weighted by molar-refractivity contribution is 0.0693. The molecule has 5 N–H and O–H groups in total. The summed E-state index contributed by atoms with van der Waals surface area (Å²) in [7, 11) is 0. The summed E-state index contributed by atoms with van der Waals surface area (Å²) in [6.07, 6.45) is 3.25. The number of aromatic carboxylic acids is 1. The van der Waals surface area contributed by atoms with Crippen LogP contribution in [0.25, 0.3) is 0 Å². The van der Waals surface area contributed by atoms with Crippen molar-refractivity contribution in [2.45, 2.75) is 13.0 Å². The van der Waals surface area contributed by atoms with Gasteiger partial charge >= 0.3 is 12.0 Å². The van der Waals surface area contributed by atoms with Gasteiger partial charge in [0.1, 0.15) is 11.3 Å². The molecule has 8 nitrogen and oxygen atoms in total. The zero-order chi connectivity index (χ0) is 15.4. The van der Waals surface area contributed by atoms with E-state index >= 15 is 0 Å². The number of phenols is 1. The summed E-state index contributed by atoms with van der Waals surface area (Å²) >= 11 is 0. The number of nitrogens with zero attached hydrogens (tertiary/aromatic N) is 1. The van der Waals surface area contributed by atoms with Crippen molar-refractivity contribution in [1.82, 2.24) is 15.5 Å². The number of carboxylic acids is 1. The van der Waals surface area contributed by atoms with Crippen molar-refractivity contribution in [3.8, 4) is 5.75 Å². The summed E-state index contributed by atoms with van der Waals surface area (Å²) in [5.41, 5.74) is 0.792. The van der Waals surface area contributed by atoms with Crippen LogP contribution < -0.4 is 10.6 Å². The molecule has 8 heteroatoms. The van der Waals surface area contributed by atoms with E-state index in [1.807, 2.05) is 0 Å². The van der Waals surface area contributed by atoms with E-state index in [0.29, 0.717) is 0 Å². The van der Waals surface area contributed by atoms with Gasteiger partial charge in [0.15, 0.2) is 0 Å². The van der Waals surface area contributed by atoms with Crippen molar-refractivity contribution in [3.63, 3.8) is 0 Å². The third-order valence-electron chi connectivity index (χ3n) is 2.85. The fourth-order valence-electron chi connectivity index (χ4n) is 1.73. The van der Waals surface area contributed by atoms with Crippen LogP contribution >= 0.6 is 0 Å². The fraction of sp³-hybridized carbons (Fsp3) is 0.154. The molecule has 21 heavy (non-hydrogen) atoms. The third-order valence-corrected chi connectivity index (χ3v) is 2.85. The average Bonchev–Trinajstić information content (AvgIpc) is 2.94. The van der Waals surface area contributed by atoms with Gasteiger partial charge in [0.2, 0.25) is 0 Å². The highest BCUT2D eigenvalue weighted by Gasteiger charge is 2.13. The average molecular weight is 290 g/mol. The maximum absolute atomic E-state index is 11.8. The molecule has 1 heterocycles. The van der Waals surface area contributed by atoms with Gasteiger partial charge in [-0.1, -0.05) is 0 Å². The second-order valence-corrected chi connectivity index (χ2v) is 4.39. The van der Waals surface area contributed by atoms with Gasteiger partial charge < -0.3 is 20.8 Å². The highest BCUT2D eigenvalue weighted by atomic mass is 16.4. The predicted molar refractivity (Wildman–Crippen MR) is 74.2 cm³/mol. The summed E-state index contributed by atoms with van der Waals surface area (Å²) < 4.78 is 0. The monoisotopic (exact) mass is 290 g/mol. The van der Waals surface area contributed by atoms with E-state index in [1.54, 1.807) is 19.3 Å². The molecule has 0 bridgehead atoms. The Hall–Kier alpha value is -3.03. The highest BCUT2D eigenvalue weighted by molar-refractivity contribution is 5.95. The summed E-state index contributed by atoms with van der Waals surface area (Å²) in [6, 6.07) is 3.04. The van der Waals surface area contributed by atoms with E-state index < -0.39 is 12.0 Å². The van der Waals surface area contributed by atoms with Gasteiger partial charge in [-0.25, -0.2) is 9.59 Å². The van der Waals surface area contributed by atoms with E-state index in [2.05, 4.69) is 20.8 Å². The van der Waals surface area contributed by atoms with Gasteiger partial charge in [-0.15, -0.1) is 0 Å². The second kappa shape index (κ2) is 5.95. The Morgan fingerprint density at radius 1 is 1.38 bits per heavy atom. The summed E-state index contributed by atoms with van der Waals surface area (Å²) in [6.45, 7) is 1.78. The van der Waals surface area contributed by atoms with Crippen LogP contribution in [0.4, 0.5) is 10.5 Å². The standard InChI is InChI=1S/C13H14N4O4/c1-7(8-5-14-15-6-8)16-13(21)17-9-2-3-11(18)10(4-9)12(19)20/h2-7,18H,1H3,(H,14,15)(H,19,20)(H2,16,17,21). The summed E-state index contributed by atoms with van der Waals surface area (Å²) in [5, 5.41) is 29.9. The first kappa shape index (κ1) is 14.4. The number of carboxylic acid groups (broad SMARTS) is 1. The Balaban J connectivity index is 2.03. The number of hydrogen-bond acceptors (Lipinski definition) is 4. The highest BCUT2D eigenvalue weighted by Crippen LogP contribution is 2.21. The summed E-state index contributed by atoms with van der Waals surface area (Å²) in [4.78, 5) is 22.7. The van der Waals surface area contributed by atoms with Crippen molar-refractivity contribution in [2.24, 2.45) is 0 Å². The van der Waals surface area contributed by atoms with Crippen LogP contribution in [-0.2, 0) is 0 Å². The molecule has 1 aromatic heterocycles. The van der Waals surface area contributed by atoms with Gasteiger partial charge in [0, 0.05) is 17.4 Å². The minimum atomic E-state index is -1.27. The molecule has 0 fully saturated rings. The van der Waals surface area contributed by atoms with E-state index in [9.17, 15) is 14.7 Å². The molecule has 2 amide bonds. The first-order chi connectivity index (χ1) is 9.97. The number of anilines is 1. The smallest absolute Gasteiger partial charge is 0.339 e. The number of carbonyl (C=O) groups is 2. The number of nitrogens with one attached hydrogen (secondary N) is 3. The van der Waals surface area contributed by atoms with Crippen LogP contribution in [0, 0.1) is 0 Å². The Bertz CT molecular complexity index is 654. The fourth-order valence-corrected chi connectivity index (χ4v) is 1.73. The lowest BCUT2D eigenvalue weighted by Gasteiger charge is -2.13. The van der Waals surface area contributed by atoms with Crippen molar-refractivity contribution in [3.05, 3.63) is 41.7 Å². The molecule has 0 saturated carbocycles. The largest absolute Gasteiger partial charge is 0.507 e. The van der Waals surface area contributed by atoms with Crippen LogP contribution in [0.5, 0.6) is 5.75 Å². The number of amides is 2. The molecule has 1 unspecified atom stereocenters. The molecular weight excluding hydrogens is 276 g/mol. The maximum Gasteiger partial charge on any atom is 0.339 e. The predicted octanol–water partition coefficient (Wildman–Crippen LogP) is 1.70. The third kappa shape index (κ3) is 3.50. The molecule has 0 aliphatic heterocycles. The maximum atomic E-state index is 11.8. The number of hydrogen-bond donors (Lipinski definition) is 5. The Morgan fingerprint density at radius 2 is 2.14 bits per heavy atom. The molecule has 1 atom stereocenters. The van der Waals surface area contributed by atoms with Gasteiger partial charge in [-0.3, -0.25) is 5.10 Å². The van der Waals surface area contributed by atoms with E-state index in [0.717, 1.165) is 5.56 Å². The number of H-pyrrole nitrogens is 1. The number of urea groups is 1. The number of benzene rings is 1. The topological polar surface area (TPSA) is 127 Å². The molecule has 1 aromatic carbocycles. The van der Waals surface area contributed by atoms with Gasteiger partial charge in [-0.05, 0) is 25.1 Å². The molecule has 0 radical (unpaired) electrons. The molecule has 2 aromatic rings. The molecule has 0 spiro atoms. The van der Waals surface area contributed by atoms with Crippen LogP contribution in [0.15, 0.2) is 30.6 Å². The Morgan fingerprint density at radius 3 is 2.76 bits per heavy atom. The molecule has 0 aliphatic rings. The Kier molecular flexibility index (Phi) is 4.07. The molecule has 0 aliphatic carbocycles. The number of rotatable bonds is 4. The zero-order valence-electron chi connectivity index (χ0n) is 11.1.